The molecule has 10 heteroatoms. The summed E-state index contributed by atoms with van der Waals surface area (Å²) < 4.78 is 32.7. The van der Waals surface area contributed by atoms with Crippen molar-refractivity contribution >= 4 is 50.5 Å². The van der Waals surface area contributed by atoms with Gasteiger partial charge in [0.25, 0.3) is 15.9 Å². The first-order valence-electron chi connectivity index (χ1n) is 9.13. The predicted octanol–water partition coefficient (Wildman–Crippen LogP) is 4.24. The first kappa shape index (κ1) is 22.8. The molecule has 162 valence electrons. The van der Waals surface area contributed by atoms with Crippen LogP contribution in [0.5, 0.6) is 0 Å². The van der Waals surface area contributed by atoms with Crippen LogP contribution in [0.15, 0.2) is 70.9 Å². The average Bonchev–Trinajstić information content (AvgIpc) is 3.27. The Balaban J connectivity index is 1.66. The first-order valence-corrected chi connectivity index (χ1v) is 11.9. The number of hydrogen-bond acceptors (Lipinski definition) is 6. The molecule has 0 radical (unpaired) electrons. The fraction of sp³-hybridized carbons (Fsp3) is 0.143. The van der Waals surface area contributed by atoms with E-state index in [0.29, 0.717) is 5.02 Å². The maximum Gasteiger partial charge on any atom is 0.340 e. The molecule has 3 aromatic rings. The van der Waals surface area contributed by atoms with Gasteiger partial charge >= 0.3 is 5.97 Å². The van der Waals surface area contributed by atoms with E-state index in [9.17, 15) is 18.0 Å². The normalized spacial score (nSPS) is 12.1. The lowest BCUT2D eigenvalue weighted by Gasteiger charge is -2.14. The van der Waals surface area contributed by atoms with Crippen LogP contribution in [-0.4, -0.2) is 26.9 Å². The number of hydrogen-bond donors (Lipinski definition) is 2. The Labute approximate surface area is 189 Å². The second-order valence-corrected chi connectivity index (χ2v) is 9.58. The molecule has 31 heavy (non-hydrogen) atoms. The van der Waals surface area contributed by atoms with Crippen molar-refractivity contribution in [2.75, 3.05) is 11.3 Å². The summed E-state index contributed by atoms with van der Waals surface area (Å²) in [5.74, 6) is -1.29. The maximum atomic E-state index is 12.6. The van der Waals surface area contributed by atoms with E-state index in [-0.39, 0.29) is 22.2 Å². The molecule has 1 unspecified atom stereocenters. The molecule has 0 saturated carbocycles. The average molecular weight is 479 g/mol. The highest BCUT2D eigenvalue weighted by molar-refractivity contribution is 7.92. The van der Waals surface area contributed by atoms with E-state index in [2.05, 4.69) is 10.0 Å². The summed E-state index contributed by atoms with van der Waals surface area (Å²) in [5, 5.41) is 5.04. The summed E-state index contributed by atoms with van der Waals surface area (Å²) in [6, 6.07) is 15.1. The van der Waals surface area contributed by atoms with Gasteiger partial charge in [-0.15, -0.1) is 11.3 Å². The molecule has 1 aromatic heterocycles. The van der Waals surface area contributed by atoms with Crippen molar-refractivity contribution in [3.63, 3.8) is 0 Å². The maximum absolute atomic E-state index is 12.6. The first-order chi connectivity index (χ1) is 14.8. The molecule has 7 nitrogen and oxygen atoms in total. The summed E-state index contributed by atoms with van der Waals surface area (Å²) in [5.41, 5.74) is 0.0222. The molecule has 0 aliphatic heterocycles. The zero-order valence-electron chi connectivity index (χ0n) is 16.4. The second kappa shape index (κ2) is 9.95. The predicted molar refractivity (Wildman–Crippen MR) is 120 cm³/mol. The van der Waals surface area contributed by atoms with E-state index in [1.165, 1.54) is 47.7 Å². The topological polar surface area (TPSA) is 102 Å². The lowest BCUT2D eigenvalue weighted by atomic mass is 10.2. The van der Waals surface area contributed by atoms with Crippen molar-refractivity contribution < 1.29 is 22.7 Å². The zero-order valence-corrected chi connectivity index (χ0v) is 18.8. The van der Waals surface area contributed by atoms with Crippen molar-refractivity contribution in [1.82, 2.24) is 5.32 Å². The summed E-state index contributed by atoms with van der Waals surface area (Å²) in [7, 11) is -3.95. The van der Waals surface area contributed by atoms with Gasteiger partial charge in [0.05, 0.1) is 22.2 Å². The summed E-state index contributed by atoms with van der Waals surface area (Å²) in [6.45, 7) is 1.33. The highest BCUT2D eigenvalue weighted by Crippen LogP contribution is 2.22. The lowest BCUT2D eigenvalue weighted by molar-refractivity contribution is -0.124. The van der Waals surface area contributed by atoms with Gasteiger partial charge in [-0.2, -0.15) is 0 Å². The highest BCUT2D eigenvalue weighted by Gasteiger charge is 2.20. The molecular formula is C21H19ClN2O5S2. The second-order valence-electron chi connectivity index (χ2n) is 6.49. The minimum Gasteiger partial charge on any atom is -0.452 e. The summed E-state index contributed by atoms with van der Waals surface area (Å²) in [6.07, 6.45) is 0. The number of amides is 1. The number of carbonyl (C=O) groups excluding carboxylic acids is 2. The number of anilines is 1. The number of carbonyl (C=O) groups is 2. The highest BCUT2D eigenvalue weighted by atomic mass is 35.5. The standard InChI is InChI=1S/C21H19ClN2O5S2/c1-14(19-7-4-12-30-19)23-20(25)13-29-21(26)17-5-2-3-6-18(17)24-31(27,28)16-10-8-15(22)9-11-16/h2-12,14,24H,13H2,1H3,(H,23,25). The van der Waals surface area contributed by atoms with Crippen molar-refractivity contribution in [2.45, 2.75) is 17.9 Å². The number of para-hydroxylation sites is 1. The number of sulfonamides is 1. The third-order valence-electron chi connectivity index (χ3n) is 4.20. The molecule has 2 aromatic carbocycles. The molecule has 0 aliphatic carbocycles. The van der Waals surface area contributed by atoms with Crippen LogP contribution in [0.4, 0.5) is 5.69 Å². The van der Waals surface area contributed by atoms with Crippen molar-refractivity contribution in [2.24, 2.45) is 0 Å². The minimum atomic E-state index is -3.95. The molecule has 1 atom stereocenters. The van der Waals surface area contributed by atoms with E-state index >= 15 is 0 Å². The van der Waals surface area contributed by atoms with Crippen LogP contribution in [0.1, 0.15) is 28.2 Å². The van der Waals surface area contributed by atoms with Crippen LogP contribution in [0.3, 0.4) is 0 Å². The van der Waals surface area contributed by atoms with E-state index in [1.54, 1.807) is 12.1 Å². The Bertz CT molecular complexity index is 1160. The third kappa shape index (κ3) is 6.06. The Morgan fingerprint density at radius 3 is 2.45 bits per heavy atom. The van der Waals surface area contributed by atoms with E-state index in [0.717, 1.165) is 4.88 Å². The van der Waals surface area contributed by atoms with Gasteiger partial charge in [-0.1, -0.05) is 29.8 Å². The van der Waals surface area contributed by atoms with Crippen molar-refractivity contribution in [3.05, 3.63) is 81.5 Å². The van der Waals surface area contributed by atoms with Crippen LogP contribution >= 0.6 is 22.9 Å². The number of thiophene rings is 1. The monoisotopic (exact) mass is 478 g/mol. The number of ether oxygens (including phenoxy) is 1. The van der Waals surface area contributed by atoms with Crippen molar-refractivity contribution in [1.29, 1.82) is 0 Å². The number of rotatable bonds is 8. The molecule has 1 amide bonds. The van der Waals surface area contributed by atoms with Gasteiger partial charge in [0.15, 0.2) is 6.61 Å². The molecular weight excluding hydrogens is 460 g/mol. The summed E-state index contributed by atoms with van der Waals surface area (Å²) in [4.78, 5) is 25.6. The van der Waals surface area contributed by atoms with Gasteiger partial charge in [-0.3, -0.25) is 9.52 Å². The molecule has 0 aliphatic rings. The van der Waals surface area contributed by atoms with Crippen LogP contribution in [-0.2, 0) is 19.6 Å². The van der Waals surface area contributed by atoms with Crippen LogP contribution in [0, 0.1) is 0 Å². The molecule has 1 heterocycles. The molecule has 0 fully saturated rings. The van der Waals surface area contributed by atoms with Gasteiger partial charge in [0.2, 0.25) is 0 Å². The third-order valence-corrected chi connectivity index (χ3v) is 6.89. The van der Waals surface area contributed by atoms with E-state index in [1.807, 2.05) is 24.4 Å². The minimum absolute atomic E-state index is 0.0120. The van der Waals surface area contributed by atoms with Gasteiger partial charge < -0.3 is 10.1 Å². The van der Waals surface area contributed by atoms with Gasteiger partial charge in [0, 0.05) is 9.90 Å². The lowest BCUT2D eigenvalue weighted by Crippen LogP contribution is -2.31. The fourth-order valence-corrected chi connectivity index (χ4v) is 4.61. The number of benzene rings is 2. The quantitative estimate of drug-likeness (QED) is 0.471. The molecule has 0 spiro atoms. The van der Waals surface area contributed by atoms with Crippen LogP contribution in [0.2, 0.25) is 5.02 Å². The molecule has 2 N–H and O–H groups in total. The zero-order chi connectivity index (χ0) is 22.4. The molecule has 0 saturated heterocycles. The van der Waals surface area contributed by atoms with Crippen LogP contribution in [0.25, 0.3) is 0 Å². The Morgan fingerprint density at radius 2 is 1.77 bits per heavy atom. The SMILES string of the molecule is CC(NC(=O)COC(=O)c1ccccc1NS(=O)(=O)c1ccc(Cl)cc1)c1cccs1. The van der Waals surface area contributed by atoms with Gasteiger partial charge in [-0.05, 0) is 54.8 Å². The molecule has 0 bridgehead atoms. The largest absolute Gasteiger partial charge is 0.452 e. The Morgan fingerprint density at radius 1 is 1.06 bits per heavy atom. The van der Waals surface area contributed by atoms with Crippen LogP contribution < -0.4 is 10.0 Å². The molecule has 3 rings (SSSR count). The van der Waals surface area contributed by atoms with E-state index in [4.69, 9.17) is 16.3 Å². The number of halogens is 1. The van der Waals surface area contributed by atoms with Gasteiger partial charge in [-0.25, -0.2) is 13.2 Å². The smallest absolute Gasteiger partial charge is 0.340 e. The van der Waals surface area contributed by atoms with Crippen molar-refractivity contribution in [3.8, 4) is 0 Å². The Kier molecular flexibility index (Phi) is 7.32. The van der Waals surface area contributed by atoms with E-state index < -0.39 is 28.5 Å². The Hall–Kier alpha value is -2.88. The number of nitrogens with one attached hydrogen (secondary N) is 2. The summed E-state index contributed by atoms with van der Waals surface area (Å²) >= 11 is 7.31. The fourth-order valence-electron chi connectivity index (χ4n) is 2.67. The number of esters is 1. The van der Waals surface area contributed by atoms with Gasteiger partial charge in [0.1, 0.15) is 0 Å².